The monoisotopic (exact) mass is 234 g/mol. The van der Waals surface area contributed by atoms with E-state index in [1.165, 1.54) is 0 Å². The average molecular weight is 234 g/mol. The Balaban J connectivity index is 1.96. The molecule has 1 aromatic heterocycles. The van der Waals surface area contributed by atoms with Gasteiger partial charge in [-0.2, -0.15) is 0 Å². The standard InChI is InChI=1S/C13H18N2O2/c1-9-11(5-6-17-9)8-15(2)13(16)10-3-4-12(14)7-10/h3-6,10,12H,7-8,14H2,1-2H3. The maximum absolute atomic E-state index is 12.1. The van der Waals surface area contributed by atoms with Crippen molar-refractivity contribution in [3.05, 3.63) is 35.8 Å². The second-order valence-corrected chi connectivity index (χ2v) is 4.59. The molecule has 2 N–H and O–H groups in total. The number of carbonyl (C=O) groups excluding carboxylic acids is 1. The molecule has 92 valence electrons. The van der Waals surface area contributed by atoms with Crippen LogP contribution >= 0.6 is 0 Å². The molecule has 4 heteroatoms. The summed E-state index contributed by atoms with van der Waals surface area (Å²) >= 11 is 0. The van der Waals surface area contributed by atoms with Crippen LogP contribution in [0.5, 0.6) is 0 Å². The molecule has 0 radical (unpaired) electrons. The van der Waals surface area contributed by atoms with Crippen LogP contribution in [0.2, 0.25) is 0 Å². The smallest absolute Gasteiger partial charge is 0.229 e. The molecule has 0 spiro atoms. The van der Waals surface area contributed by atoms with Crippen molar-refractivity contribution in [1.29, 1.82) is 0 Å². The van der Waals surface area contributed by atoms with Gasteiger partial charge in [-0.1, -0.05) is 12.2 Å². The zero-order valence-corrected chi connectivity index (χ0v) is 10.2. The number of nitrogens with two attached hydrogens (primary N) is 1. The summed E-state index contributed by atoms with van der Waals surface area (Å²) in [6.45, 7) is 2.49. The maximum Gasteiger partial charge on any atom is 0.229 e. The molecule has 1 aromatic rings. The van der Waals surface area contributed by atoms with E-state index in [-0.39, 0.29) is 17.9 Å². The first kappa shape index (κ1) is 11.9. The van der Waals surface area contributed by atoms with Gasteiger partial charge in [0.1, 0.15) is 5.76 Å². The minimum Gasteiger partial charge on any atom is -0.469 e. The second kappa shape index (κ2) is 4.75. The average Bonchev–Trinajstić information content (AvgIpc) is 2.88. The minimum absolute atomic E-state index is 0.0213. The van der Waals surface area contributed by atoms with Crippen LogP contribution in [0.25, 0.3) is 0 Å². The molecular weight excluding hydrogens is 216 g/mol. The van der Waals surface area contributed by atoms with Crippen molar-refractivity contribution in [2.24, 2.45) is 11.7 Å². The summed E-state index contributed by atoms with van der Waals surface area (Å²) in [6, 6.07) is 1.92. The summed E-state index contributed by atoms with van der Waals surface area (Å²) in [6.07, 6.45) is 6.17. The highest BCUT2D eigenvalue weighted by atomic mass is 16.3. The Morgan fingerprint density at radius 3 is 2.88 bits per heavy atom. The van der Waals surface area contributed by atoms with E-state index in [1.807, 2.05) is 32.2 Å². The van der Waals surface area contributed by atoms with Crippen LogP contribution < -0.4 is 5.73 Å². The van der Waals surface area contributed by atoms with E-state index < -0.39 is 0 Å². The zero-order valence-electron chi connectivity index (χ0n) is 10.2. The SMILES string of the molecule is Cc1occc1CN(C)C(=O)C1C=CC(N)C1. The van der Waals surface area contributed by atoms with Gasteiger partial charge in [0, 0.05) is 25.2 Å². The Kier molecular flexibility index (Phi) is 3.33. The Morgan fingerprint density at radius 2 is 2.35 bits per heavy atom. The Bertz CT molecular complexity index is 436. The van der Waals surface area contributed by atoms with E-state index in [4.69, 9.17) is 10.2 Å². The molecule has 2 atom stereocenters. The number of nitrogens with zero attached hydrogens (tertiary/aromatic N) is 1. The summed E-state index contributed by atoms with van der Waals surface area (Å²) in [5.74, 6) is 0.917. The number of amides is 1. The van der Waals surface area contributed by atoms with Crippen LogP contribution in [0, 0.1) is 12.8 Å². The van der Waals surface area contributed by atoms with Crippen molar-refractivity contribution in [1.82, 2.24) is 4.90 Å². The van der Waals surface area contributed by atoms with Gasteiger partial charge in [-0.15, -0.1) is 0 Å². The second-order valence-electron chi connectivity index (χ2n) is 4.59. The van der Waals surface area contributed by atoms with Gasteiger partial charge < -0.3 is 15.1 Å². The molecule has 2 unspecified atom stereocenters. The number of aryl methyl sites for hydroxylation is 1. The van der Waals surface area contributed by atoms with Crippen molar-refractivity contribution in [2.75, 3.05) is 7.05 Å². The van der Waals surface area contributed by atoms with E-state index in [2.05, 4.69) is 0 Å². The molecule has 1 amide bonds. The molecule has 0 aromatic carbocycles. The van der Waals surface area contributed by atoms with Crippen molar-refractivity contribution in [3.63, 3.8) is 0 Å². The van der Waals surface area contributed by atoms with Crippen molar-refractivity contribution < 1.29 is 9.21 Å². The first-order valence-electron chi connectivity index (χ1n) is 5.80. The van der Waals surface area contributed by atoms with Crippen molar-refractivity contribution >= 4 is 5.91 Å². The number of hydrogen-bond donors (Lipinski definition) is 1. The lowest BCUT2D eigenvalue weighted by Gasteiger charge is -2.20. The third-order valence-corrected chi connectivity index (χ3v) is 3.18. The van der Waals surface area contributed by atoms with Crippen LogP contribution in [-0.4, -0.2) is 23.9 Å². The van der Waals surface area contributed by atoms with E-state index >= 15 is 0 Å². The molecule has 4 nitrogen and oxygen atoms in total. The third kappa shape index (κ3) is 2.58. The lowest BCUT2D eigenvalue weighted by atomic mass is 10.1. The minimum atomic E-state index is -0.0674. The van der Waals surface area contributed by atoms with Gasteiger partial charge in [-0.3, -0.25) is 4.79 Å². The summed E-state index contributed by atoms with van der Waals surface area (Å²) < 4.78 is 5.22. The molecular formula is C13H18N2O2. The van der Waals surface area contributed by atoms with E-state index in [0.29, 0.717) is 13.0 Å². The van der Waals surface area contributed by atoms with Crippen LogP contribution in [-0.2, 0) is 11.3 Å². The molecule has 0 saturated carbocycles. The molecule has 0 bridgehead atoms. The highest BCUT2D eigenvalue weighted by Gasteiger charge is 2.25. The zero-order chi connectivity index (χ0) is 12.4. The number of furan rings is 1. The van der Waals surface area contributed by atoms with Gasteiger partial charge in [-0.25, -0.2) is 0 Å². The van der Waals surface area contributed by atoms with E-state index in [1.54, 1.807) is 11.2 Å². The van der Waals surface area contributed by atoms with Crippen LogP contribution in [0.3, 0.4) is 0 Å². The largest absolute Gasteiger partial charge is 0.469 e. The first-order valence-corrected chi connectivity index (χ1v) is 5.80. The van der Waals surface area contributed by atoms with E-state index in [0.717, 1.165) is 11.3 Å². The molecule has 0 saturated heterocycles. The third-order valence-electron chi connectivity index (χ3n) is 3.18. The molecule has 1 aliphatic carbocycles. The highest BCUT2D eigenvalue weighted by molar-refractivity contribution is 5.81. The van der Waals surface area contributed by atoms with Gasteiger partial charge in [0.05, 0.1) is 12.2 Å². The van der Waals surface area contributed by atoms with Crippen LogP contribution in [0.4, 0.5) is 0 Å². The van der Waals surface area contributed by atoms with Gasteiger partial charge in [-0.05, 0) is 19.4 Å². The lowest BCUT2D eigenvalue weighted by molar-refractivity contribution is -0.133. The topological polar surface area (TPSA) is 59.5 Å². The summed E-state index contributed by atoms with van der Waals surface area (Å²) in [5, 5.41) is 0. The van der Waals surface area contributed by atoms with Gasteiger partial charge >= 0.3 is 0 Å². The molecule has 2 rings (SSSR count). The van der Waals surface area contributed by atoms with Gasteiger partial charge in [0.15, 0.2) is 0 Å². The normalized spacial score (nSPS) is 23.0. The number of hydrogen-bond acceptors (Lipinski definition) is 3. The van der Waals surface area contributed by atoms with Crippen molar-refractivity contribution in [2.45, 2.75) is 25.9 Å². The van der Waals surface area contributed by atoms with Crippen LogP contribution in [0.1, 0.15) is 17.7 Å². The fourth-order valence-electron chi connectivity index (χ4n) is 2.10. The predicted molar refractivity (Wildman–Crippen MR) is 65.1 cm³/mol. The molecule has 0 fully saturated rings. The lowest BCUT2D eigenvalue weighted by Crippen LogP contribution is -2.32. The first-order chi connectivity index (χ1) is 8.08. The summed E-state index contributed by atoms with van der Waals surface area (Å²) in [4.78, 5) is 13.8. The maximum atomic E-state index is 12.1. The Labute approximate surface area is 101 Å². The summed E-state index contributed by atoms with van der Waals surface area (Å²) in [5.41, 5.74) is 6.80. The Morgan fingerprint density at radius 1 is 1.59 bits per heavy atom. The van der Waals surface area contributed by atoms with Gasteiger partial charge in [0.2, 0.25) is 5.91 Å². The quantitative estimate of drug-likeness (QED) is 0.805. The van der Waals surface area contributed by atoms with Crippen molar-refractivity contribution in [3.8, 4) is 0 Å². The van der Waals surface area contributed by atoms with E-state index in [9.17, 15) is 4.79 Å². The number of carbonyl (C=O) groups is 1. The number of rotatable bonds is 3. The predicted octanol–water partition coefficient (Wildman–Crippen LogP) is 1.45. The van der Waals surface area contributed by atoms with Gasteiger partial charge in [0.25, 0.3) is 0 Å². The Hall–Kier alpha value is -1.55. The molecule has 17 heavy (non-hydrogen) atoms. The summed E-state index contributed by atoms with van der Waals surface area (Å²) in [7, 11) is 1.81. The molecule has 1 heterocycles. The fraction of sp³-hybridized carbons (Fsp3) is 0.462. The highest BCUT2D eigenvalue weighted by Crippen LogP contribution is 2.20. The molecule has 0 aliphatic heterocycles. The van der Waals surface area contributed by atoms with Crippen LogP contribution in [0.15, 0.2) is 28.9 Å². The molecule has 1 aliphatic rings. The fourth-order valence-corrected chi connectivity index (χ4v) is 2.10.